The lowest BCUT2D eigenvalue weighted by Crippen LogP contribution is -2.49. The summed E-state index contributed by atoms with van der Waals surface area (Å²) in [6.45, 7) is 0.305. The second-order valence-corrected chi connectivity index (χ2v) is 7.73. The Labute approximate surface area is 132 Å². The molecule has 8 heteroatoms. The van der Waals surface area contributed by atoms with Crippen LogP contribution >= 0.6 is 12.4 Å². The molecule has 0 radical (unpaired) electrons. The SMILES string of the molecule is COC(=O)C1CCCCC1S(=O)(=O)NC(CN)C1CC1.Cl. The minimum absolute atomic E-state index is 0. The molecule has 0 spiro atoms. The monoisotopic (exact) mass is 340 g/mol. The molecule has 0 aromatic heterocycles. The summed E-state index contributed by atoms with van der Waals surface area (Å²) in [5.41, 5.74) is 5.65. The van der Waals surface area contributed by atoms with Gasteiger partial charge < -0.3 is 10.5 Å². The summed E-state index contributed by atoms with van der Waals surface area (Å²) in [5, 5.41) is -0.684. The zero-order valence-corrected chi connectivity index (χ0v) is 13.9. The van der Waals surface area contributed by atoms with Crippen molar-refractivity contribution in [2.75, 3.05) is 13.7 Å². The number of sulfonamides is 1. The first-order valence-corrected chi connectivity index (χ1v) is 8.83. The van der Waals surface area contributed by atoms with Gasteiger partial charge in [0.05, 0.1) is 18.3 Å². The van der Waals surface area contributed by atoms with Gasteiger partial charge in [-0.15, -0.1) is 12.4 Å². The Bertz CT molecular complexity index is 453. The lowest BCUT2D eigenvalue weighted by Gasteiger charge is -2.30. The third-order valence-electron chi connectivity index (χ3n) is 4.37. The van der Waals surface area contributed by atoms with E-state index in [0.29, 0.717) is 25.3 Å². The molecule has 0 aromatic carbocycles. The molecule has 21 heavy (non-hydrogen) atoms. The van der Waals surface area contributed by atoms with Crippen molar-refractivity contribution in [3.8, 4) is 0 Å². The van der Waals surface area contributed by atoms with E-state index in [2.05, 4.69) is 4.72 Å². The number of carbonyl (C=O) groups is 1. The van der Waals surface area contributed by atoms with E-state index in [4.69, 9.17) is 10.5 Å². The summed E-state index contributed by atoms with van der Waals surface area (Å²) >= 11 is 0. The van der Waals surface area contributed by atoms with Gasteiger partial charge in [0, 0.05) is 12.6 Å². The van der Waals surface area contributed by atoms with Crippen LogP contribution < -0.4 is 10.5 Å². The van der Waals surface area contributed by atoms with Crippen molar-refractivity contribution in [3.63, 3.8) is 0 Å². The first-order chi connectivity index (χ1) is 9.49. The van der Waals surface area contributed by atoms with Gasteiger partial charge in [-0.05, 0) is 31.6 Å². The molecule has 2 aliphatic rings. The van der Waals surface area contributed by atoms with Crippen LogP contribution in [0.15, 0.2) is 0 Å². The zero-order valence-electron chi connectivity index (χ0n) is 12.3. The number of rotatable bonds is 6. The van der Waals surface area contributed by atoms with Crippen LogP contribution in [0, 0.1) is 11.8 Å². The van der Waals surface area contributed by atoms with E-state index in [0.717, 1.165) is 25.7 Å². The standard InChI is InChI=1S/C13H24N2O4S.ClH/c1-19-13(16)10-4-2-3-5-12(10)20(17,18)15-11(8-14)9-6-7-9;/h9-12,15H,2-8,14H2,1H3;1H. The summed E-state index contributed by atoms with van der Waals surface area (Å²) in [5.74, 6) is -0.616. The molecule has 0 aromatic rings. The summed E-state index contributed by atoms with van der Waals surface area (Å²) in [7, 11) is -2.23. The average Bonchev–Trinajstić information content (AvgIpc) is 3.28. The normalized spacial score (nSPS) is 27.5. The minimum atomic E-state index is -3.53. The van der Waals surface area contributed by atoms with E-state index >= 15 is 0 Å². The van der Waals surface area contributed by atoms with E-state index in [1.165, 1.54) is 7.11 Å². The lowest BCUT2D eigenvalue weighted by molar-refractivity contribution is -0.146. The Morgan fingerprint density at radius 3 is 2.43 bits per heavy atom. The number of methoxy groups -OCH3 is 1. The van der Waals surface area contributed by atoms with Crippen LogP contribution in [0.1, 0.15) is 38.5 Å². The van der Waals surface area contributed by atoms with Gasteiger partial charge in [0.1, 0.15) is 0 Å². The zero-order chi connectivity index (χ0) is 14.8. The molecule has 0 bridgehead atoms. The highest BCUT2D eigenvalue weighted by Gasteiger charge is 2.42. The van der Waals surface area contributed by atoms with Crippen molar-refractivity contribution in [2.45, 2.75) is 49.8 Å². The topological polar surface area (TPSA) is 98.5 Å². The van der Waals surface area contributed by atoms with E-state index in [1.54, 1.807) is 0 Å². The number of carbonyl (C=O) groups excluding carboxylic acids is 1. The highest BCUT2D eigenvalue weighted by atomic mass is 35.5. The van der Waals surface area contributed by atoms with Gasteiger partial charge in [-0.25, -0.2) is 13.1 Å². The number of ether oxygens (including phenoxy) is 1. The number of halogens is 1. The fraction of sp³-hybridized carbons (Fsp3) is 0.923. The Kier molecular flexibility index (Phi) is 6.90. The Morgan fingerprint density at radius 1 is 1.29 bits per heavy atom. The summed E-state index contributed by atoms with van der Waals surface area (Å²) in [6, 6.07) is -0.194. The smallest absolute Gasteiger partial charge is 0.310 e. The van der Waals surface area contributed by atoms with Gasteiger partial charge >= 0.3 is 5.97 Å². The molecule has 6 nitrogen and oxygen atoms in total. The molecule has 0 saturated heterocycles. The molecule has 2 saturated carbocycles. The minimum Gasteiger partial charge on any atom is -0.469 e. The van der Waals surface area contributed by atoms with Gasteiger partial charge in [-0.3, -0.25) is 4.79 Å². The number of hydrogen-bond donors (Lipinski definition) is 2. The number of nitrogens with one attached hydrogen (secondary N) is 1. The molecule has 3 N–H and O–H groups in total. The number of nitrogens with two attached hydrogens (primary N) is 1. The van der Waals surface area contributed by atoms with Crippen LogP contribution in [0.3, 0.4) is 0 Å². The highest BCUT2D eigenvalue weighted by Crippen LogP contribution is 2.34. The fourth-order valence-corrected chi connectivity index (χ4v) is 5.07. The third-order valence-corrected chi connectivity index (χ3v) is 6.36. The highest BCUT2D eigenvalue weighted by molar-refractivity contribution is 7.90. The van der Waals surface area contributed by atoms with Crippen LogP contribution in [-0.2, 0) is 19.6 Å². The largest absolute Gasteiger partial charge is 0.469 e. The van der Waals surface area contributed by atoms with Crippen molar-refractivity contribution >= 4 is 28.4 Å². The van der Waals surface area contributed by atoms with Crippen LogP contribution in [0.2, 0.25) is 0 Å². The second-order valence-electron chi connectivity index (χ2n) is 5.80. The first-order valence-electron chi connectivity index (χ1n) is 7.28. The summed E-state index contributed by atoms with van der Waals surface area (Å²) < 4.78 is 32.6. The number of hydrogen-bond acceptors (Lipinski definition) is 5. The maximum atomic E-state index is 12.5. The van der Waals surface area contributed by atoms with Crippen LogP contribution in [0.5, 0.6) is 0 Å². The van der Waals surface area contributed by atoms with E-state index in [-0.39, 0.29) is 18.4 Å². The number of esters is 1. The molecule has 3 unspecified atom stereocenters. The van der Waals surface area contributed by atoms with Crippen LogP contribution in [0.25, 0.3) is 0 Å². The van der Waals surface area contributed by atoms with Crippen molar-refractivity contribution in [2.24, 2.45) is 17.6 Å². The van der Waals surface area contributed by atoms with Gasteiger partial charge in [0.15, 0.2) is 0 Å². The average molecular weight is 341 g/mol. The van der Waals surface area contributed by atoms with Crippen molar-refractivity contribution in [3.05, 3.63) is 0 Å². The first kappa shape index (κ1) is 18.7. The molecule has 0 heterocycles. The van der Waals surface area contributed by atoms with Crippen molar-refractivity contribution in [1.29, 1.82) is 0 Å². The van der Waals surface area contributed by atoms with E-state index < -0.39 is 27.2 Å². The van der Waals surface area contributed by atoms with Gasteiger partial charge in [-0.1, -0.05) is 12.8 Å². The van der Waals surface area contributed by atoms with E-state index in [1.807, 2.05) is 0 Å². The fourth-order valence-electron chi connectivity index (χ4n) is 3.02. The molecule has 3 atom stereocenters. The Morgan fingerprint density at radius 2 is 1.90 bits per heavy atom. The Balaban J connectivity index is 0.00000220. The molecular formula is C13H25ClN2O4S. The Hall–Kier alpha value is -0.370. The van der Waals surface area contributed by atoms with Crippen LogP contribution in [-0.4, -0.2) is 39.3 Å². The van der Waals surface area contributed by atoms with Gasteiger partial charge in [0.2, 0.25) is 10.0 Å². The van der Waals surface area contributed by atoms with E-state index in [9.17, 15) is 13.2 Å². The predicted octanol–water partition coefficient (Wildman–Crippen LogP) is 0.797. The second kappa shape index (κ2) is 7.76. The molecule has 2 fully saturated rings. The molecule has 2 rings (SSSR count). The lowest BCUT2D eigenvalue weighted by atomic mass is 9.89. The van der Waals surface area contributed by atoms with Gasteiger partial charge in [-0.2, -0.15) is 0 Å². The molecule has 2 aliphatic carbocycles. The van der Waals surface area contributed by atoms with Gasteiger partial charge in [0.25, 0.3) is 0 Å². The molecule has 0 aliphatic heterocycles. The quantitative estimate of drug-likeness (QED) is 0.697. The predicted molar refractivity (Wildman–Crippen MR) is 82.6 cm³/mol. The van der Waals surface area contributed by atoms with Crippen LogP contribution in [0.4, 0.5) is 0 Å². The third kappa shape index (κ3) is 4.55. The summed E-state index contributed by atoms with van der Waals surface area (Å²) in [4.78, 5) is 11.8. The van der Waals surface area contributed by atoms with Crippen molar-refractivity contribution in [1.82, 2.24) is 4.72 Å². The maximum Gasteiger partial charge on any atom is 0.310 e. The molecule has 124 valence electrons. The summed E-state index contributed by atoms with van der Waals surface area (Å²) in [6.07, 6.45) is 4.83. The maximum absolute atomic E-state index is 12.5. The molecule has 0 amide bonds. The molecular weight excluding hydrogens is 316 g/mol. The van der Waals surface area contributed by atoms with Crippen molar-refractivity contribution < 1.29 is 17.9 Å².